The monoisotopic (exact) mass is 312 g/mol. The zero-order valence-corrected chi connectivity index (χ0v) is 12.6. The number of hydrogen-bond acceptors (Lipinski definition) is 8. The maximum absolute atomic E-state index is 11.4. The number of furan rings is 1. The Morgan fingerprint density at radius 1 is 1.43 bits per heavy atom. The maximum atomic E-state index is 11.4. The second-order valence-electron chi connectivity index (χ2n) is 5.05. The van der Waals surface area contributed by atoms with Gasteiger partial charge in [-0.15, -0.1) is 0 Å². The topological polar surface area (TPSA) is 101 Å². The fraction of sp³-hybridized carbons (Fsp3) is 0.500. The molecular formula is C12H16N4O4S. The van der Waals surface area contributed by atoms with E-state index in [-0.39, 0.29) is 22.8 Å². The first kappa shape index (κ1) is 14.2. The fourth-order valence-corrected chi connectivity index (χ4v) is 2.76. The highest BCUT2D eigenvalue weighted by Crippen LogP contribution is 2.25. The zero-order chi connectivity index (χ0) is 15.0. The molecule has 1 saturated heterocycles. The molecule has 1 fully saturated rings. The molecule has 21 heavy (non-hydrogen) atoms. The number of aromatic nitrogens is 2. The van der Waals surface area contributed by atoms with Gasteiger partial charge in [0.05, 0.1) is 6.04 Å². The van der Waals surface area contributed by atoms with E-state index in [4.69, 9.17) is 8.94 Å². The highest BCUT2D eigenvalue weighted by Gasteiger charge is 2.26. The van der Waals surface area contributed by atoms with Crippen LogP contribution in [0.2, 0.25) is 0 Å². The molecular weight excluding hydrogens is 296 g/mol. The van der Waals surface area contributed by atoms with E-state index in [0.29, 0.717) is 5.82 Å². The largest absolute Gasteiger partial charge is 0.440 e. The van der Waals surface area contributed by atoms with Gasteiger partial charge in [-0.25, -0.2) is 8.42 Å². The van der Waals surface area contributed by atoms with Crippen molar-refractivity contribution in [3.63, 3.8) is 0 Å². The average Bonchev–Trinajstić information content (AvgIpc) is 3.07. The highest BCUT2D eigenvalue weighted by molar-refractivity contribution is 7.90. The molecule has 0 amide bonds. The van der Waals surface area contributed by atoms with Gasteiger partial charge in [0.15, 0.2) is 11.6 Å². The van der Waals surface area contributed by atoms with E-state index < -0.39 is 9.84 Å². The quantitative estimate of drug-likeness (QED) is 0.864. The fourth-order valence-electron chi connectivity index (χ4n) is 2.20. The number of piperazine rings is 1. The van der Waals surface area contributed by atoms with Crippen molar-refractivity contribution in [3.8, 4) is 11.7 Å². The third-order valence-corrected chi connectivity index (χ3v) is 4.36. The molecule has 1 unspecified atom stereocenters. The molecule has 2 aromatic heterocycles. The minimum absolute atomic E-state index is 0.0283. The Morgan fingerprint density at radius 2 is 2.24 bits per heavy atom. The van der Waals surface area contributed by atoms with E-state index in [9.17, 15) is 8.42 Å². The summed E-state index contributed by atoms with van der Waals surface area (Å²) in [4.78, 5) is 6.44. The summed E-state index contributed by atoms with van der Waals surface area (Å²) < 4.78 is 33.2. The molecule has 2 aromatic rings. The molecule has 0 spiro atoms. The van der Waals surface area contributed by atoms with Gasteiger partial charge in [-0.3, -0.25) is 4.90 Å². The number of nitrogens with one attached hydrogen (secondary N) is 1. The van der Waals surface area contributed by atoms with Crippen LogP contribution in [0.1, 0.15) is 11.9 Å². The van der Waals surface area contributed by atoms with Gasteiger partial charge in [0, 0.05) is 25.9 Å². The van der Waals surface area contributed by atoms with Crippen LogP contribution in [-0.2, 0) is 9.84 Å². The minimum atomic E-state index is -3.39. The van der Waals surface area contributed by atoms with Gasteiger partial charge in [-0.1, -0.05) is 5.16 Å². The van der Waals surface area contributed by atoms with Crippen molar-refractivity contribution < 1.29 is 17.4 Å². The van der Waals surface area contributed by atoms with Crippen molar-refractivity contribution in [2.45, 2.75) is 11.1 Å². The van der Waals surface area contributed by atoms with Crippen LogP contribution in [0.25, 0.3) is 11.7 Å². The molecule has 1 N–H and O–H groups in total. The number of sulfone groups is 1. The van der Waals surface area contributed by atoms with Crippen molar-refractivity contribution >= 4 is 9.84 Å². The average molecular weight is 312 g/mol. The SMILES string of the molecule is CN1CCNCC1c1noc(-c2ccc(S(C)(=O)=O)o2)n1. The standard InChI is InChI=1S/C12H16N4O4S/c1-16-6-5-13-7-8(16)11-14-12(20-15-11)9-3-4-10(19-9)21(2,17)18/h3-4,8,13H,5-7H2,1-2H3. The zero-order valence-electron chi connectivity index (χ0n) is 11.7. The summed E-state index contributed by atoms with van der Waals surface area (Å²) in [5, 5.41) is 7.11. The predicted molar refractivity (Wildman–Crippen MR) is 73.4 cm³/mol. The first-order valence-electron chi connectivity index (χ1n) is 6.50. The van der Waals surface area contributed by atoms with Crippen LogP contribution in [0.3, 0.4) is 0 Å². The van der Waals surface area contributed by atoms with Crippen LogP contribution in [0.4, 0.5) is 0 Å². The van der Waals surface area contributed by atoms with Gasteiger partial charge in [-0.2, -0.15) is 4.98 Å². The highest BCUT2D eigenvalue weighted by atomic mass is 32.2. The summed E-state index contributed by atoms with van der Waals surface area (Å²) in [7, 11) is -1.39. The lowest BCUT2D eigenvalue weighted by Crippen LogP contribution is -2.44. The summed E-state index contributed by atoms with van der Waals surface area (Å²) in [6.45, 7) is 2.56. The molecule has 1 aliphatic heterocycles. The van der Waals surface area contributed by atoms with Crippen molar-refractivity contribution in [1.82, 2.24) is 20.4 Å². The van der Waals surface area contributed by atoms with Crippen LogP contribution in [-0.4, -0.2) is 56.4 Å². The van der Waals surface area contributed by atoms with Gasteiger partial charge in [0.1, 0.15) is 0 Å². The lowest BCUT2D eigenvalue weighted by atomic mass is 10.2. The van der Waals surface area contributed by atoms with Crippen LogP contribution in [0, 0.1) is 0 Å². The lowest BCUT2D eigenvalue weighted by molar-refractivity contribution is 0.190. The van der Waals surface area contributed by atoms with Gasteiger partial charge < -0.3 is 14.3 Å². The molecule has 0 saturated carbocycles. The van der Waals surface area contributed by atoms with E-state index in [1.807, 2.05) is 7.05 Å². The smallest absolute Gasteiger partial charge is 0.293 e. The molecule has 0 aromatic carbocycles. The Bertz CT molecular complexity index is 736. The van der Waals surface area contributed by atoms with Crippen molar-refractivity contribution in [3.05, 3.63) is 18.0 Å². The number of hydrogen-bond donors (Lipinski definition) is 1. The minimum Gasteiger partial charge on any atom is -0.440 e. The van der Waals surface area contributed by atoms with E-state index in [0.717, 1.165) is 25.9 Å². The van der Waals surface area contributed by atoms with Gasteiger partial charge >= 0.3 is 0 Å². The molecule has 0 aliphatic carbocycles. The van der Waals surface area contributed by atoms with Crippen molar-refractivity contribution in [1.29, 1.82) is 0 Å². The summed E-state index contributed by atoms with van der Waals surface area (Å²) in [6.07, 6.45) is 1.08. The molecule has 9 heteroatoms. The number of likely N-dealkylation sites (N-methyl/N-ethyl adjacent to an activating group) is 1. The van der Waals surface area contributed by atoms with Crippen LogP contribution in [0.15, 0.2) is 26.2 Å². The van der Waals surface area contributed by atoms with Crippen LogP contribution in [0.5, 0.6) is 0 Å². The molecule has 3 rings (SSSR count). The van der Waals surface area contributed by atoms with Crippen molar-refractivity contribution in [2.75, 3.05) is 32.9 Å². The van der Waals surface area contributed by atoms with E-state index >= 15 is 0 Å². The summed E-state index contributed by atoms with van der Waals surface area (Å²) >= 11 is 0. The van der Waals surface area contributed by atoms with E-state index in [1.54, 1.807) is 0 Å². The Hall–Kier alpha value is -1.71. The normalized spacial score (nSPS) is 20.8. The molecule has 0 bridgehead atoms. The Balaban J connectivity index is 1.86. The summed E-state index contributed by atoms with van der Waals surface area (Å²) in [5.74, 6) is 0.983. The summed E-state index contributed by atoms with van der Waals surface area (Å²) in [5.41, 5.74) is 0. The number of rotatable bonds is 3. The predicted octanol–water partition coefficient (Wildman–Crippen LogP) is 0.309. The van der Waals surface area contributed by atoms with Crippen molar-refractivity contribution in [2.24, 2.45) is 0 Å². The molecule has 8 nitrogen and oxygen atoms in total. The Morgan fingerprint density at radius 3 is 2.90 bits per heavy atom. The first-order valence-corrected chi connectivity index (χ1v) is 8.39. The van der Waals surface area contributed by atoms with Crippen LogP contribution < -0.4 is 5.32 Å². The van der Waals surface area contributed by atoms with Gasteiger partial charge in [0.25, 0.3) is 5.89 Å². The third kappa shape index (κ3) is 2.85. The van der Waals surface area contributed by atoms with E-state index in [2.05, 4.69) is 20.4 Å². The second kappa shape index (κ2) is 5.24. The molecule has 1 atom stereocenters. The summed E-state index contributed by atoms with van der Waals surface area (Å²) in [6, 6.07) is 2.92. The first-order chi connectivity index (χ1) is 9.95. The van der Waals surface area contributed by atoms with Gasteiger partial charge in [-0.05, 0) is 19.2 Å². The third-order valence-electron chi connectivity index (χ3n) is 3.41. The Kier molecular flexibility index (Phi) is 3.56. The maximum Gasteiger partial charge on any atom is 0.293 e. The molecule has 114 valence electrons. The lowest BCUT2D eigenvalue weighted by Gasteiger charge is -2.30. The Labute approximate surface area is 122 Å². The van der Waals surface area contributed by atoms with Crippen LogP contribution >= 0.6 is 0 Å². The number of nitrogens with zero attached hydrogens (tertiary/aromatic N) is 3. The molecule has 3 heterocycles. The molecule has 0 radical (unpaired) electrons. The molecule has 1 aliphatic rings. The second-order valence-corrected chi connectivity index (χ2v) is 7.00. The van der Waals surface area contributed by atoms with E-state index in [1.165, 1.54) is 12.1 Å². The van der Waals surface area contributed by atoms with Gasteiger partial charge in [0.2, 0.25) is 14.9 Å².